The Morgan fingerprint density at radius 1 is 1.50 bits per heavy atom. The molecular weight excluding hydrogens is 368 g/mol. The second-order valence-corrected chi connectivity index (χ2v) is 8.97. The maximum absolute atomic E-state index is 13.3. The summed E-state index contributed by atoms with van der Waals surface area (Å²) in [6.45, 7) is 2.80. The topological polar surface area (TPSA) is 68.3 Å². The van der Waals surface area contributed by atoms with Crippen LogP contribution in [0.5, 0.6) is 0 Å². The van der Waals surface area contributed by atoms with Crippen molar-refractivity contribution < 1.29 is 9.52 Å². The molecule has 0 aliphatic heterocycles. The Morgan fingerprint density at radius 3 is 3.15 bits per heavy atom. The average molecular weight is 391 g/mol. The van der Waals surface area contributed by atoms with E-state index in [0.29, 0.717) is 24.0 Å². The van der Waals surface area contributed by atoms with Crippen LogP contribution in [0.3, 0.4) is 0 Å². The molecule has 0 spiro atoms. The van der Waals surface area contributed by atoms with Crippen molar-refractivity contribution in [3.63, 3.8) is 0 Å². The SMILES string of the molecule is CC1CCc2c(sc3nc(SCCCO)n(Cc4ccco4)c(=O)c23)C1. The van der Waals surface area contributed by atoms with E-state index in [1.807, 2.05) is 12.1 Å². The zero-order valence-electron chi connectivity index (χ0n) is 14.7. The van der Waals surface area contributed by atoms with Crippen LogP contribution < -0.4 is 5.56 Å². The van der Waals surface area contributed by atoms with Crippen molar-refractivity contribution in [2.24, 2.45) is 5.92 Å². The Bertz CT molecular complexity index is 959. The molecule has 138 valence electrons. The maximum Gasteiger partial charge on any atom is 0.263 e. The lowest BCUT2D eigenvalue weighted by molar-refractivity contribution is 0.296. The van der Waals surface area contributed by atoms with Gasteiger partial charge in [0.15, 0.2) is 5.16 Å². The molecule has 1 unspecified atom stereocenters. The molecule has 0 saturated carbocycles. The fourth-order valence-corrected chi connectivity index (χ4v) is 5.79. The van der Waals surface area contributed by atoms with Crippen LogP contribution in [0.4, 0.5) is 0 Å². The second-order valence-electron chi connectivity index (χ2n) is 6.82. The minimum atomic E-state index is 0.0324. The number of fused-ring (bicyclic) bond motifs is 3. The van der Waals surface area contributed by atoms with Crippen molar-refractivity contribution in [2.45, 2.75) is 44.3 Å². The first-order chi connectivity index (χ1) is 12.7. The number of rotatable bonds is 6. The first-order valence-electron chi connectivity index (χ1n) is 8.98. The predicted molar refractivity (Wildman–Crippen MR) is 105 cm³/mol. The minimum Gasteiger partial charge on any atom is -0.467 e. The van der Waals surface area contributed by atoms with Crippen LogP contribution in [0, 0.1) is 5.92 Å². The highest BCUT2D eigenvalue weighted by Gasteiger charge is 2.25. The zero-order chi connectivity index (χ0) is 18.1. The third kappa shape index (κ3) is 3.35. The highest BCUT2D eigenvalue weighted by Crippen LogP contribution is 2.36. The first kappa shape index (κ1) is 17.8. The summed E-state index contributed by atoms with van der Waals surface area (Å²) < 4.78 is 7.19. The molecule has 1 aliphatic rings. The van der Waals surface area contributed by atoms with Crippen molar-refractivity contribution >= 4 is 33.3 Å². The van der Waals surface area contributed by atoms with Crippen LogP contribution in [0.2, 0.25) is 0 Å². The van der Waals surface area contributed by atoms with Gasteiger partial charge in [-0.25, -0.2) is 4.98 Å². The van der Waals surface area contributed by atoms with Crippen molar-refractivity contribution in [3.05, 3.63) is 45.0 Å². The molecule has 3 aromatic heterocycles. The molecule has 1 atom stereocenters. The molecule has 3 aromatic rings. The van der Waals surface area contributed by atoms with Gasteiger partial charge in [0, 0.05) is 17.2 Å². The Kier molecular flexibility index (Phi) is 5.20. The van der Waals surface area contributed by atoms with E-state index in [1.54, 1.807) is 22.2 Å². The number of aromatic nitrogens is 2. The zero-order valence-corrected chi connectivity index (χ0v) is 16.4. The summed E-state index contributed by atoms with van der Waals surface area (Å²) in [7, 11) is 0. The van der Waals surface area contributed by atoms with Gasteiger partial charge in [0.05, 0.1) is 18.2 Å². The molecule has 26 heavy (non-hydrogen) atoms. The van der Waals surface area contributed by atoms with E-state index >= 15 is 0 Å². The number of aliphatic hydroxyl groups is 1. The van der Waals surface area contributed by atoms with Gasteiger partial charge in [-0.15, -0.1) is 11.3 Å². The van der Waals surface area contributed by atoms with E-state index in [9.17, 15) is 4.79 Å². The molecule has 0 amide bonds. The van der Waals surface area contributed by atoms with Crippen LogP contribution in [-0.2, 0) is 19.4 Å². The maximum atomic E-state index is 13.3. The van der Waals surface area contributed by atoms with Gasteiger partial charge in [-0.2, -0.15) is 0 Å². The minimum absolute atomic E-state index is 0.0324. The summed E-state index contributed by atoms with van der Waals surface area (Å²) in [6, 6.07) is 3.71. The quantitative estimate of drug-likeness (QED) is 0.395. The van der Waals surface area contributed by atoms with Gasteiger partial charge in [-0.1, -0.05) is 18.7 Å². The highest BCUT2D eigenvalue weighted by atomic mass is 32.2. The van der Waals surface area contributed by atoms with E-state index < -0.39 is 0 Å². The van der Waals surface area contributed by atoms with Crippen LogP contribution >= 0.6 is 23.1 Å². The Labute approximate surface area is 160 Å². The molecule has 1 N–H and O–H groups in total. The van der Waals surface area contributed by atoms with Crippen LogP contribution in [0.15, 0.2) is 32.8 Å². The number of hydrogen-bond donors (Lipinski definition) is 1. The summed E-state index contributed by atoms with van der Waals surface area (Å²) in [5.74, 6) is 2.14. The molecule has 7 heteroatoms. The summed E-state index contributed by atoms with van der Waals surface area (Å²) in [4.78, 5) is 20.4. The third-order valence-corrected chi connectivity index (χ3v) is 7.02. The number of thioether (sulfide) groups is 1. The van der Waals surface area contributed by atoms with E-state index in [2.05, 4.69) is 6.92 Å². The van der Waals surface area contributed by atoms with Crippen LogP contribution in [0.25, 0.3) is 10.2 Å². The first-order valence-corrected chi connectivity index (χ1v) is 10.8. The summed E-state index contributed by atoms with van der Waals surface area (Å²) >= 11 is 3.20. The van der Waals surface area contributed by atoms with Crippen molar-refractivity contribution in [1.82, 2.24) is 9.55 Å². The van der Waals surface area contributed by atoms with Gasteiger partial charge in [0.25, 0.3) is 5.56 Å². The van der Waals surface area contributed by atoms with Crippen molar-refractivity contribution in [3.8, 4) is 0 Å². The largest absolute Gasteiger partial charge is 0.467 e. The lowest BCUT2D eigenvalue weighted by Crippen LogP contribution is -2.24. The van der Waals surface area contributed by atoms with Gasteiger partial charge in [-0.3, -0.25) is 9.36 Å². The molecule has 3 heterocycles. The van der Waals surface area contributed by atoms with E-state index in [4.69, 9.17) is 14.5 Å². The third-order valence-electron chi connectivity index (χ3n) is 4.81. The molecule has 1 aliphatic carbocycles. The molecular formula is C19H22N2O3S2. The Morgan fingerprint density at radius 2 is 2.38 bits per heavy atom. The molecule has 0 radical (unpaired) electrons. The number of aryl methyl sites for hydroxylation is 1. The van der Waals surface area contributed by atoms with Crippen molar-refractivity contribution in [2.75, 3.05) is 12.4 Å². The highest BCUT2D eigenvalue weighted by molar-refractivity contribution is 7.99. The molecule has 4 rings (SSSR count). The standard InChI is InChI=1S/C19H22N2O3S2/c1-12-5-6-14-15(10-12)26-17-16(14)18(23)21(11-13-4-2-8-24-13)19(20-17)25-9-3-7-22/h2,4,8,12,22H,3,5-7,9-11H2,1H3. The van der Waals surface area contributed by atoms with Gasteiger partial charge in [0.1, 0.15) is 10.6 Å². The van der Waals surface area contributed by atoms with Gasteiger partial charge in [-0.05, 0) is 49.3 Å². The van der Waals surface area contributed by atoms with Crippen LogP contribution in [-0.4, -0.2) is 27.0 Å². The van der Waals surface area contributed by atoms with Crippen LogP contribution in [0.1, 0.15) is 36.0 Å². The number of hydrogen-bond acceptors (Lipinski definition) is 6. The predicted octanol–water partition coefficient (Wildman–Crippen LogP) is 3.70. The number of aliphatic hydroxyl groups excluding tert-OH is 1. The van der Waals surface area contributed by atoms with E-state index in [-0.39, 0.29) is 12.2 Å². The van der Waals surface area contributed by atoms with Gasteiger partial charge < -0.3 is 9.52 Å². The fourth-order valence-electron chi connectivity index (χ4n) is 3.44. The molecule has 5 nitrogen and oxygen atoms in total. The second kappa shape index (κ2) is 7.58. The number of nitrogens with zero attached hydrogens (tertiary/aromatic N) is 2. The smallest absolute Gasteiger partial charge is 0.263 e. The van der Waals surface area contributed by atoms with E-state index in [0.717, 1.165) is 41.0 Å². The number of thiophene rings is 1. The Balaban J connectivity index is 1.83. The fraction of sp³-hybridized carbons (Fsp3) is 0.474. The number of furan rings is 1. The molecule has 0 aromatic carbocycles. The molecule has 0 saturated heterocycles. The average Bonchev–Trinajstić information content (AvgIpc) is 3.25. The molecule has 0 bridgehead atoms. The lowest BCUT2D eigenvalue weighted by atomic mass is 9.89. The summed E-state index contributed by atoms with van der Waals surface area (Å²) in [5, 5.41) is 10.6. The lowest BCUT2D eigenvalue weighted by Gasteiger charge is -2.17. The van der Waals surface area contributed by atoms with Gasteiger partial charge >= 0.3 is 0 Å². The van der Waals surface area contributed by atoms with Gasteiger partial charge in [0.2, 0.25) is 0 Å². The molecule has 0 fully saturated rings. The normalized spacial score (nSPS) is 16.9. The monoisotopic (exact) mass is 390 g/mol. The Hall–Kier alpha value is -1.57. The van der Waals surface area contributed by atoms with Crippen molar-refractivity contribution in [1.29, 1.82) is 0 Å². The summed E-state index contributed by atoms with van der Waals surface area (Å²) in [6.07, 6.45) is 5.44. The van der Waals surface area contributed by atoms with E-state index in [1.165, 1.54) is 22.2 Å². The summed E-state index contributed by atoms with van der Waals surface area (Å²) in [5.41, 5.74) is 1.24.